The van der Waals surface area contributed by atoms with Crippen molar-refractivity contribution in [2.75, 3.05) is 0 Å². The third kappa shape index (κ3) is 6.33. The van der Waals surface area contributed by atoms with Crippen LogP contribution in [0.15, 0.2) is 0 Å². The molecule has 7 nitrogen and oxygen atoms in total. The van der Waals surface area contributed by atoms with E-state index in [2.05, 4.69) is 0 Å². The fourth-order valence-electron chi connectivity index (χ4n) is 0.452. The maximum atomic E-state index is 9.82. The summed E-state index contributed by atoms with van der Waals surface area (Å²) < 4.78 is 0. The molecule has 0 saturated carbocycles. The second-order valence-electron chi connectivity index (χ2n) is 2.02. The van der Waals surface area contributed by atoms with E-state index in [4.69, 9.17) is 15.3 Å². The minimum absolute atomic E-state index is 0. The predicted molar refractivity (Wildman–Crippen MR) is 28.0 cm³/mol. The Balaban J connectivity index is -0.000000605. The average molecular weight is 224 g/mol. The summed E-state index contributed by atoms with van der Waals surface area (Å²) in [6.07, 6.45) is -7.28. The van der Waals surface area contributed by atoms with Gasteiger partial charge in [0.25, 0.3) is 0 Å². The zero-order chi connectivity index (χ0) is 9.89. The maximum Gasteiger partial charge on any atom is 1.00 e. The van der Waals surface area contributed by atoms with Crippen LogP contribution in [-0.2, 0) is 9.59 Å². The molecule has 0 aliphatic heterocycles. The number of aliphatic hydroxyl groups excluding tert-OH is 3. The topological polar surface area (TPSA) is 141 Å². The number of carboxylic acid groups (broad SMARTS) is 2. The molecule has 0 aliphatic carbocycles. The minimum Gasteiger partial charge on any atom is -0.547 e. The van der Waals surface area contributed by atoms with Crippen LogP contribution >= 0.6 is 0 Å². The summed E-state index contributed by atoms with van der Waals surface area (Å²) in [6, 6.07) is 0. The number of hydrogen-bond acceptors (Lipinski definition) is 7. The third-order valence-electron chi connectivity index (χ3n) is 1.13. The van der Waals surface area contributed by atoms with Gasteiger partial charge in [0.05, 0.1) is 11.9 Å². The average Bonchev–Trinajstić information content (AvgIpc) is 2.00. The van der Waals surface area contributed by atoms with Gasteiger partial charge in [-0.1, -0.05) is 0 Å². The van der Waals surface area contributed by atoms with Crippen LogP contribution in [0.4, 0.5) is 0 Å². The molecule has 0 bridgehead atoms. The standard InChI is InChI=1S/C5H8O7.2Na/c6-1(2(7)4(9)10)3(8)5(11)12;;/h1-3,6-8H,(H,9,10)(H,11,12);;/q;2*+1/p-2/t1?,2-,3+;;. The Morgan fingerprint density at radius 2 is 1.07 bits per heavy atom. The van der Waals surface area contributed by atoms with Crippen LogP contribution in [0.3, 0.4) is 0 Å². The summed E-state index contributed by atoms with van der Waals surface area (Å²) in [5, 5.41) is 45.1. The van der Waals surface area contributed by atoms with Gasteiger partial charge in [-0.3, -0.25) is 0 Å². The van der Waals surface area contributed by atoms with Crippen LogP contribution in [0.5, 0.6) is 0 Å². The normalized spacial score (nSPS) is 15.4. The molecule has 0 saturated heterocycles. The molecule has 3 atom stereocenters. The summed E-state index contributed by atoms with van der Waals surface area (Å²) in [6.45, 7) is 0. The van der Waals surface area contributed by atoms with Gasteiger partial charge in [0.1, 0.15) is 18.3 Å². The first-order valence-electron chi connectivity index (χ1n) is 2.84. The molecular formula is C5H6Na2O7. The molecule has 3 N–H and O–H groups in total. The van der Waals surface area contributed by atoms with Crippen molar-refractivity contribution >= 4 is 11.9 Å². The summed E-state index contributed by atoms with van der Waals surface area (Å²) >= 11 is 0. The number of carbonyl (C=O) groups excluding carboxylic acids is 2. The van der Waals surface area contributed by atoms with Gasteiger partial charge < -0.3 is 35.1 Å². The van der Waals surface area contributed by atoms with Crippen LogP contribution in [0.2, 0.25) is 0 Å². The Labute approximate surface area is 123 Å². The van der Waals surface area contributed by atoms with Crippen molar-refractivity contribution in [1.82, 2.24) is 0 Å². The molecule has 0 fully saturated rings. The number of hydrogen-bond donors (Lipinski definition) is 3. The second kappa shape index (κ2) is 9.08. The molecule has 1 unspecified atom stereocenters. The van der Waals surface area contributed by atoms with Gasteiger partial charge >= 0.3 is 59.1 Å². The quantitative estimate of drug-likeness (QED) is 0.402. The zero-order valence-corrected chi connectivity index (χ0v) is 11.7. The monoisotopic (exact) mass is 224 g/mol. The van der Waals surface area contributed by atoms with Crippen molar-refractivity contribution in [2.45, 2.75) is 18.3 Å². The molecule has 0 heterocycles. The van der Waals surface area contributed by atoms with Crippen molar-refractivity contribution in [3.05, 3.63) is 0 Å². The van der Waals surface area contributed by atoms with Crippen molar-refractivity contribution < 1.29 is 94.2 Å². The molecule has 14 heavy (non-hydrogen) atoms. The molecule has 0 spiro atoms. The summed E-state index contributed by atoms with van der Waals surface area (Å²) in [5.74, 6) is -4.16. The number of aliphatic hydroxyl groups is 3. The molecule has 70 valence electrons. The van der Waals surface area contributed by atoms with E-state index in [-0.39, 0.29) is 59.1 Å². The van der Waals surface area contributed by atoms with E-state index in [1.807, 2.05) is 0 Å². The SMILES string of the molecule is O=C([O-])[C@@H](O)C(O)[C@@H](O)C(=O)[O-].[Na+].[Na+]. The van der Waals surface area contributed by atoms with Crippen molar-refractivity contribution in [3.8, 4) is 0 Å². The van der Waals surface area contributed by atoms with Gasteiger partial charge in [0.15, 0.2) is 0 Å². The van der Waals surface area contributed by atoms with Crippen LogP contribution in [0.25, 0.3) is 0 Å². The molecular weight excluding hydrogens is 218 g/mol. The first-order chi connectivity index (χ1) is 5.37. The van der Waals surface area contributed by atoms with Gasteiger partial charge in [-0.2, -0.15) is 0 Å². The smallest absolute Gasteiger partial charge is 0.547 e. The first-order valence-corrected chi connectivity index (χ1v) is 2.84. The maximum absolute atomic E-state index is 9.82. The zero-order valence-electron chi connectivity index (χ0n) is 7.71. The fraction of sp³-hybridized carbons (Fsp3) is 0.600. The Bertz CT molecular complexity index is 177. The summed E-state index contributed by atoms with van der Waals surface area (Å²) in [5.41, 5.74) is 0. The van der Waals surface area contributed by atoms with Crippen LogP contribution in [0, 0.1) is 0 Å². The second-order valence-corrected chi connectivity index (χ2v) is 2.02. The van der Waals surface area contributed by atoms with Crippen molar-refractivity contribution in [2.24, 2.45) is 0 Å². The molecule has 9 heteroatoms. The number of carbonyl (C=O) groups is 2. The van der Waals surface area contributed by atoms with E-state index < -0.39 is 30.3 Å². The number of aliphatic carboxylic acids is 2. The Morgan fingerprint density at radius 3 is 1.21 bits per heavy atom. The van der Waals surface area contributed by atoms with E-state index in [0.717, 1.165) is 0 Å². The van der Waals surface area contributed by atoms with Crippen molar-refractivity contribution in [3.63, 3.8) is 0 Å². The third-order valence-corrected chi connectivity index (χ3v) is 1.13. The van der Waals surface area contributed by atoms with Gasteiger partial charge in [-0.15, -0.1) is 0 Å². The molecule has 0 aromatic rings. The van der Waals surface area contributed by atoms with Gasteiger partial charge in [-0.05, 0) is 0 Å². The molecule has 0 rings (SSSR count). The molecule has 0 aromatic heterocycles. The van der Waals surface area contributed by atoms with E-state index in [1.54, 1.807) is 0 Å². The molecule has 0 amide bonds. The van der Waals surface area contributed by atoms with Gasteiger partial charge in [-0.25, -0.2) is 0 Å². The molecule has 0 radical (unpaired) electrons. The van der Waals surface area contributed by atoms with E-state index >= 15 is 0 Å². The van der Waals surface area contributed by atoms with Gasteiger partial charge in [0.2, 0.25) is 0 Å². The Hall–Kier alpha value is 0.820. The van der Waals surface area contributed by atoms with Crippen LogP contribution in [0.1, 0.15) is 0 Å². The molecule has 0 aliphatic rings. The Morgan fingerprint density at radius 1 is 0.857 bits per heavy atom. The summed E-state index contributed by atoms with van der Waals surface area (Å²) in [4.78, 5) is 19.6. The van der Waals surface area contributed by atoms with Crippen molar-refractivity contribution in [1.29, 1.82) is 0 Å². The largest absolute Gasteiger partial charge is 1.00 e. The van der Waals surface area contributed by atoms with Crippen LogP contribution in [-0.4, -0.2) is 45.6 Å². The number of rotatable bonds is 4. The first kappa shape index (κ1) is 20.3. The molecule has 0 aromatic carbocycles. The Kier molecular flexibility index (Phi) is 13.1. The van der Waals surface area contributed by atoms with E-state index in [0.29, 0.717) is 0 Å². The van der Waals surface area contributed by atoms with E-state index in [9.17, 15) is 19.8 Å². The van der Waals surface area contributed by atoms with Gasteiger partial charge in [0, 0.05) is 0 Å². The van der Waals surface area contributed by atoms with E-state index in [1.165, 1.54) is 0 Å². The predicted octanol–water partition coefficient (Wildman–Crippen LogP) is -11.4. The number of carboxylic acids is 2. The minimum atomic E-state index is -2.46. The fourth-order valence-corrected chi connectivity index (χ4v) is 0.452. The van der Waals surface area contributed by atoms with Crippen LogP contribution < -0.4 is 69.3 Å². The summed E-state index contributed by atoms with van der Waals surface area (Å²) in [7, 11) is 0.